The van der Waals surface area contributed by atoms with Gasteiger partial charge in [-0.3, -0.25) is 4.79 Å². The monoisotopic (exact) mass is 308 g/mol. The van der Waals surface area contributed by atoms with Crippen LogP contribution in [-0.2, 0) is 9.53 Å². The van der Waals surface area contributed by atoms with E-state index in [0.717, 1.165) is 12.8 Å². The third-order valence-electron chi connectivity index (χ3n) is 4.19. The van der Waals surface area contributed by atoms with Gasteiger partial charge in [-0.05, 0) is 24.7 Å². The first-order valence-electron chi connectivity index (χ1n) is 5.19. The number of carbonyl (C=O) groups is 1. The Labute approximate surface area is 96.3 Å². The van der Waals surface area contributed by atoms with Crippen LogP contribution in [0.2, 0.25) is 0 Å². The van der Waals surface area contributed by atoms with E-state index >= 15 is 0 Å². The van der Waals surface area contributed by atoms with E-state index in [-0.39, 0.29) is 30.5 Å². The van der Waals surface area contributed by atoms with Gasteiger partial charge in [-0.15, -0.1) is 0 Å². The van der Waals surface area contributed by atoms with Crippen LogP contribution < -0.4 is 0 Å². The van der Waals surface area contributed by atoms with E-state index < -0.39 is 0 Å². The molecule has 1 saturated heterocycles. The Kier molecular flexibility index (Phi) is 2.06. The third-order valence-corrected chi connectivity index (χ3v) is 5.82. The van der Waals surface area contributed by atoms with Gasteiger partial charge >= 0.3 is 5.97 Å². The van der Waals surface area contributed by atoms with Crippen LogP contribution in [0.1, 0.15) is 12.8 Å². The van der Waals surface area contributed by atoms with Crippen LogP contribution in [0.25, 0.3) is 0 Å². The van der Waals surface area contributed by atoms with Crippen molar-refractivity contribution in [1.29, 1.82) is 0 Å². The number of hydrogen-bond acceptors (Lipinski definition) is 3. The van der Waals surface area contributed by atoms with Crippen molar-refractivity contribution in [3.8, 4) is 0 Å². The zero-order chi connectivity index (χ0) is 9.87. The van der Waals surface area contributed by atoms with Gasteiger partial charge in [0.1, 0.15) is 6.10 Å². The van der Waals surface area contributed by atoms with Crippen LogP contribution in [0.15, 0.2) is 0 Å². The molecule has 3 saturated carbocycles. The average Bonchev–Trinajstić information content (AvgIpc) is 2.50. The smallest absolute Gasteiger partial charge is 0.310 e. The Morgan fingerprint density at radius 2 is 2.14 bits per heavy atom. The average molecular weight is 308 g/mol. The molecule has 4 heteroatoms. The lowest BCUT2D eigenvalue weighted by molar-refractivity contribution is -0.144. The minimum Gasteiger partial charge on any atom is -0.461 e. The molecule has 0 radical (unpaired) electrons. The van der Waals surface area contributed by atoms with Crippen molar-refractivity contribution < 1.29 is 14.6 Å². The summed E-state index contributed by atoms with van der Waals surface area (Å²) in [6.45, 7) is 0.146. The molecular weight excluding hydrogens is 295 g/mol. The van der Waals surface area contributed by atoms with E-state index in [2.05, 4.69) is 22.6 Å². The van der Waals surface area contributed by atoms with Crippen LogP contribution in [0.5, 0.6) is 0 Å². The molecule has 0 amide bonds. The Bertz CT molecular complexity index is 281. The first-order chi connectivity index (χ1) is 6.74. The lowest BCUT2D eigenvalue weighted by atomic mass is 9.59. The summed E-state index contributed by atoms with van der Waals surface area (Å²) in [7, 11) is 0. The Morgan fingerprint density at radius 1 is 1.43 bits per heavy atom. The number of carbonyl (C=O) groups excluding carboxylic acids is 1. The van der Waals surface area contributed by atoms with Gasteiger partial charge in [0.2, 0.25) is 0 Å². The Morgan fingerprint density at radius 3 is 2.86 bits per heavy atom. The maximum atomic E-state index is 11.6. The summed E-state index contributed by atoms with van der Waals surface area (Å²) in [6.07, 6.45) is 2.42. The summed E-state index contributed by atoms with van der Waals surface area (Å²) in [5.74, 6) is 1.01. The summed E-state index contributed by atoms with van der Waals surface area (Å²) in [6, 6.07) is 0. The molecule has 78 valence electrons. The molecule has 0 aromatic carbocycles. The van der Waals surface area contributed by atoms with Crippen molar-refractivity contribution in [2.24, 2.45) is 23.7 Å². The molecule has 0 unspecified atom stereocenters. The van der Waals surface area contributed by atoms with Gasteiger partial charge in [0.25, 0.3) is 0 Å². The number of hydrogen-bond donors (Lipinski definition) is 1. The molecule has 0 aromatic rings. The molecule has 3 aliphatic carbocycles. The van der Waals surface area contributed by atoms with Crippen molar-refractivity contribution in [1.82, 2.24) is 0 Å². The number of aliphatic hydroxyl groups excluding tert-OH is 1. The van der Waals surface area contributed by atoms with Crippen molar-refractivity contribution in [3.63, 3.8) is 0 Å². The van der Waals surface area contributed by atoms with E-state index in [9.17, 15) is 9.90 Å². The fraction of sp³-hybridized carbons (Fsp3) is 0.900. The summed E-state index contributed by atoms with van der Waals surface area (Å²) >= 11 is 2.40. The normalized spacial score (nSPS) is 54.9. The maximum absolute atomic E-state index is 11.6. The molecule has 1 N–H and O–H groups in total. The first-order valence-corrected chi connectivity index (χ1v) is 6.44. The quantitative estimate of drug-likeness (QED) is 0.446. The topological polar surface area (TPSA) is 46.5 Å². The lowest BCUT2D eigenvalue weighted by Crippen LogP contribution is -2.51. The fourth-order valence-corrected chi connectivity index (χ4v) is 5.14. The van der Waals surface area contributed by atoms with Crippen molar-refractivity contribution in [3.05, 3.63) is 0 Å². The number of ether oxygens (including phenoxy) is 1. The molecule has 6 atom stereocenters. The van der Waals surface area contributed by atoms with Gasteiger partial charge in [-0.25, -0.2) is 0 Å². The first kappa shape index (κ1) is 9.39. The van der Waals surface area contributed by atoms with Crippen LogP contribution in [0.3, 0.4) is 0 Å². The zero-order valence-electron chi connectivity index (χ0n) is 7.73. The highest BCUT2D eigenvalue weighted by atomic mass is 127. The number of aliphatic hydroxyl groups is 1. The summed E-state index contributed by atoms with van der Waals surface area (Å²) < 4.78 is 5.83. The molecule has 14 heavy (non-hydrogen) atoms. The van der Waals surface area contributed by atoms with Gasteiger partial charge in [0.15, 0.2) is 0 Å². The highest BCUT2D eigenvalue weighted by Gasteiger charge is 2.61. The van der Waals surface area contributed by atoms with E-state index in [1.807, 2.05) is 0 Å². The number of alkyl halides is 1. The van der Waals surface area contributed by atoms with Crippen molar-refractivity contribution in [2.75, 3.05) is 6.61 Å². The van der Waals surface area contributed by atoms with E-state index in [1.165, 1.54) is 0 Å². The molecule has 4 fully saturated rings. The lowest BCUT2D eigenvalue weighted by Gasteiger charge is -2.47. The largest absolute Gasteiger partial charge is 0.461 e. The van der Waals surface area contributed by atoms with Gasteiger partial charge in [-0.1, -0.05) is 22.6 Å². The molecule has 3 nitrogen and oxygen atoms in total. The van der Waals surface area contributed by atoms with Crippen LogP contribution in [0, 0.1) is 23.7 Å². The Balaban J connectivity index is 2.01. The summed E-state index contributed by atoms with van der Waals surface area (Å²) in [4.78, 5) is 11.6. The maximum Gasteiger partial charge on any atom is 0.310 e. The summed E-state index contributed by atoms with van der Waals surface area (Å²) in [5, 5.41) is 9.36. The van der Waals surface area contributed by atoms with Gasteiger partial charge in [0.05, 0.1) is 9.84 Å². The molecule has 1 heterocycles. The SMILES string of the molecule is O=C1O[C@H]2[C@H](I)[C@H]3CC[C@H]2[C@@H]1[C@H]3CO. The molecule has 4 bridgehead atoms. The predicted molar refractivity (Wildman–Crippen MR) is 58.0 cm³/mol. The molecule has 0 spiro atoms. The van der Waals surface area contributed by atoms with Crippen LogP contribution >= 0.6 is 22.6 Å². The van der Waals surface area contributed by atoms with E-state index in [0.29, 0.717) is 15.8 Å². The van der Waals surface area contributed by atoms with Crippen LogP contribution in [-0.4, -0.2) is 27.7 Å². The van der Waals surface area contributed by atoms with Crippen LogP contribution in [0.4, 0.5) is 0 Å². The second kappa shape index (κ2) is 3.07. The fourth-order valence-electron chi connectivity index (χ4n) is 3.57. The van der Waals surface area contributed by atoms with Gasteiger partial charge in [0, 0.05) is 12.5 Å². The molecule has 4 rings (SSSR count). The zero-order valence-corrected chi connectivity index (χ0v) is 9.88. The predicted octanol–water partition coefficient (Wildman–Crippen LogP) is 0.980. The van der Waals surface area contributed by atoms with Crippen molar-refractivity contribution in [2.45, 2.75) is 22.9 Å². The molecule has 0 aromatic heterocycles. The van der Waals surface area contributed by atoms with Gasteiger partial charge in [-0.2, -0.15) is 0 Å². The minimum atomic E-state index is -0.0529. The molecular formula is C10H13IO3. The van der Waals surface area contributed by atoms with E-state index in [1.54, 1.807) is 0 Å². The number of fused-ring (bicyclic) bond motifs is 1. The molecule has 4 aliphatic rings. The number of esters is 1. The highest BCUT2D eigenvalue weighted by molar-refractivity contribution is 14.1. The van der Waals surface area contributed by atoms with Crippen molar-refractivity contribution >= 4 is 28.6 Å². The molecule has 1 aliphatic heterocycles. The second-order valence-electron chi connectivity index (χ2n) is 4.62. The van der Waals surface area contributed by atoms with Gasteiger partial charge < -0.3 is 9.84 Å². The highest BCUT2D eigenvalue weighted by Crippen LogP contribution is 2.56. The summed E-state index contributed by atoms with van der Waals surface area (Å²) in [5.41, 5.74) is 0. The number of halogens is 1. The standard InChI is InChI=1S/C10H13IO3/c11-8-4-1-2-5-7(6(4)3-12)10(13)14-9(5)8/h4-9,12H,1-3H2/t4-,5-,6-,7+,8+,9+/m0/s1. The van der Waals surface area contributed by atoms with E-state index in [4.69, 9.17) is 4.74 Å². The number of rotatable bonds is 1. The second-order valence-corrected chi connectivity index (χ2v) is 6.06. The Hall–Kier alpha value is 0.160. The minimum absolute atomic E-state index is 0.00904. The third kappa shape index (κ3) is 0.988.